The quantitative estimate of drug-likeness (QED) is 0.474. The largest absolute Gasteiger partial charge is 0.504 e. The molecule has 0 fully saturated rings. The van der Waals surface area contributed by atoms with E-state index in [9.17, 15) is 9.90 Å². The van der Waals surface area contributed by atoms with Crippen molar-refractivity contribution in [2.24, 2.45) is 7.05 Å². The van der Waals surface area contributed by atoms with E-state index < -0.39 is 0 Å². The summed E-state index contributed by atoms with van der Waals surface area (Å²) in [6, 6.07) is 15.0. The number of aryl methyl sites for hydroxylation is 1. The van der Waals surface area contributed by atoms with Gasteiger partial charge in [0.05, 0.1) is 37.6 Å². The Morgan fingerprint density at radius 2 is 1.52 bits per heavy atom. The predicted molar refractivity (Wildman–Crippen MR) is 119 cm³/mol. The standard InChI is InChI=1S/C24H23NO6/c1-25-18-15(11-8-12-16(18)31-13-14-9-6-5-7-10-14)20(26)17-19(25)22(28-2)24(30-4)23(29-3)21(17)27/h5-12,27H,13H2,1-4H3. The van der Waals surface area contributed by atoms with Crippen LogP contribution in [-0.4, -0.2) is 31.0 Å². The lowest BCUT2D eigenvalue weighted by Crippen LogP contribution is -2.13. The van der Waals surface area contributed by atoms with Gasteiger partial charge >= 0.3 is 0 Å². The fraction of sp³-hybridized carbons (Fsp3) is 0.208. The predicted octanol–water partition coefficient (Wildman–Crippen LogP) is 4.00. The van der Waals surface area contributed by atoms with Crippen LogP contribution in [0.25, 0.3) is 21.8 Å². The van der Waals surface area contributed by atoms with Crippen LogP contribution >= 0.6 is 0 Å². The van der Waals surface area contributed by atoms with Crippen LogP contribution in [0.5, 0.6) is 28.7 Å². The van der Waals surface area contributed by atoms with Gasteiger partial charge in [0.1, 0.15) is 17.9 Å². The van der Waals surface area contributed by atoms with E-state index in [0.717, 1.165) is 5.56 Å². The Morgan fingerprint density at radius 1 is 0.839 bits per heavy atom. The number of methoxy groups -OCH3 is 3. The first-order valence-corrected chi connectivity index (χ1v) is 9.66. The maximum absolute atomic E-state index is 13.4. The molecule has 1 aromatic heterocycles. The summed E-state index contributed by atoms with van der Waals surface area (Å²) in [5.41, 5.74) is 1.61. The molecule has 31 heavy (non-hydrogen) atoms. The summed E-state index contributed by atoms with van der Waals surface area (Å²) in [5.74, 6) is 0.769. The monoisotopic (exact) mass is 421 g/mol. The Morgan fingerprint density at radius 3 is 2.16 bits per heavy atom. The Labute approximate surface area is 179 Å². The van der Waals surface area contributed by atoms with Crippen LogP contribution < -0.4 is 24.4 Å². The second-order valence-electron chi connectivity index (χ2n) is 6.99. The number of aromatic hydroxyl groups is 1. The van der Waals surface area contributed by atoms with E-state index in [1.807, 2.05) is 36.4 Å². The highest BCUT2D eigenvalue weighted by Gasteiger charge is 2.27. The Bertz CT molecular complexity index is 1330. The molecule has 0 radical (unpaired) electrons. The summed E-state index contributed by atoms with van der Waals surface area (Å²) in [7, 11) is 6.09. The number of phenolic OH excluding ortho intramolecular Hbond substituents is 1. The molecule has 0 bridgehead atoms. The van der Waals surface area contributed by atoms with Crippen molar-refractivity contribution < 1.29 is 24.1 Å². The second kappa shape index (κ2) is 8.10. The van der Waals surface area contributed by atoms with Gasteiger partial charge in [-0.25, -0.2) is 0 Å². The molecule has 0 aliphatic rings. The highest BCUT2D eigenvalue weighted by atomic mass is 16.5. The van der Waals surface area contributed by atoms with Crippen molar-refractivity contribution in [3.63, 3.8) is 0 Å². The first-order valence-electron chi connectivity index (χ1n) is 9.66. The van der Waals surface area contributed by atoms with Gasteiger partial charge in [-0.05, 0) is 17.7 Å². The van der Waals surface area contributed by atoms with E-state index >= 15 is 0 Å². The van der Waals surface area contributed by atoms with Crippen molar-refractivity contribution in [2.45, 2.75) is 6.61 Å². The maximum Gasteiger partial charge on any atom is 0.209 e. The van der Waals surface area contributed by atoms with Gasteiger partial charge in [-0.15, -0.1) is 0 Å². The Kier molecular flexibility index (Phi) is 5.33. The number of fused-ring (bicyclic) bond motifs is 2. The van der Waals surface area contributed by atoms with Crippen molar-refractivity contribution in [1.82, 2.24) is 4.57 Å². The summed E-state index contributed by atoms with van der Waals surface area (Å²) in [5, 5.41) is 11.4. The Hall–Kier alpha value is -3.87. The normalized spacial score (nSPS) is 11.0. The van der Waals surface area contributed by atoms with E-state index in [-0.39, 0.29) is 33.8 Å². The lowest BCUT2D eigenvalue weighted by molar-refractivity contribution is 0.308. The van der Waals surface area contributed by atoms with Gasteiger partial charge in [-0.1, -0.05) is 36.4 Å². The van der Waals surface area contributed by atoms with Crippen LogP contribution in [0.3, 0.4) is 0 Å². The minimum atomic E-state index is -0.356. The third kappa shape index (κ3) is 3.18. The molecule has 7 heteroatoms. The molecule has 0 unspecified atom stereocenters. The van der Waals surface area contributed by atoms with E-state index in [2.05, 4.69) is 0 Å². The maximum atomic E-state index is 13.4. The van der Waals surface area contributed by atoms with E-state index in [0.29, 0.717) is 28.8 Å². The minimum absolute atomic E-state index is 0.0415. The van der Waals surface area contributed by atoms with Gasteiger partial charge in [0.15, 0.2) is 11.5 Å². The summed E-state index contributed by atoms with van der Waals surface area (Å²) in [4.78, 5) is 13.4. The van der Waals surface area contributed by atoms with Crippen LogP contribution in [0.2, 0.25) is 0 Å². The number of rotatable bonds is 6. The number of hydrogen-bond donors (Lipinski definition) is 1. The molecule has 4 aromatic rings. The van der Waals surface area contributed by atoms with Gasteiger partial charge in [0.2, 0.25) is 16.9 Å². The fourth-order valence-corrected chi connectivity index (χ4v) is 3.91. The zero-order chi connectivity index (χ0) is 22.1. The molecule has 4 rings (SSSR count). The first kappa shape index (κ1) is 20.4. The second-order valence-corrected chi connectivity index (χ2v) is 6.99. The molecule has 0 aliphatic carbocycles. The van der Waals surface area contributed by atoms with E-state index in [1.54, 1.807) is 23.7 Å². The molecule has 3 aromatic carbocycles. The molecular formula is C24H23NO6. The number of aromatic nitrogens is 1. The molecule has 160 valence electrons. The molecule has 1 N–H and O–H groups in total. The molecule has 0 saturated heterocycles. The van der Waals surface area contributed by atoms with E-state index in [4.69, 9.17) is 18.9 Å². The van der Waals surface area contributed by atoms with Gasteiger partial charge in [-0.3, -0.25) is 4.79 Å². The molecular weight excluding hydrogens is 398 g/mol. The molecule has 0 aliphatic heterocycles. The lowest BCUT2D eigenvalue weighted by atomic mass is 10.1. The zero-order valence-electron chi connectivity index (χ0n) is 17.8. The average molecular weight is 421 g/mol. The summed E-state index contributed by atoms with van der Waals surface area (Å²) in [6.07, 6.45) is 0. The number of phenols is 1. The van der Waals surface area contributed by atoms with E-state index in [1.165, 1.54) is 21.3 Å². The average Bonchev–Trinajstić information content (AvgIpc) is 2.80. The van der Waals surface area contributed by atoms with Gasteiger partial charge in [0.25, 0.3) is 0 Å². The third-order valence-corrected chi connectivity index (χ3v) is 5.31. The number of para-hydroxylation sites is 1. The Balaban J connectivity index is 2.05. The zero-order valence-corrected chi connectivity index (χ0v) is 17.8. The fourth-order valence-electron chi connectivity index (χ4n) is 3.91. The smallest absolute Gasteiger partial charge is 0.209 e. The van der Waals surface area contributed by atoms with Crippen molar-refractivity contribution in [2.75, 3.05) is 21.3 Å². The van der Waals surface area contributed by atoms with Gasteiger partial charge < -0.3 is 28.6 Å². The van der Waals surface area contributed by atoms with Crippen LogP contribution in [-0.2, 0) is 13.7 Å². The van der Waals surface area contributed by atoms with Gasteiger partial charge in [-0.2, -0.15) is 0 Å². The highest BCUT2D eigenvalue weighted by molar-refractivity contribution is 6.04. The van der Waals surface area contributed by atoms with Crippen LogP contribution in [0.4, 0.5) is 0 Å². The molecule has 0 atom stereocenters. The molecule has 7 nitrogen and oxygen atoms in total. The molecule has 1 heterocycles. The summed E-state index contributed by atoms with van der Waals surface area (Å²) < 4.78 is 24.2. The van der Waals surface area contributed by atoms with Gasteiger partial charge in [0, 0.05) is 7.05 Å². The van der Waals surface area contributed by atoms with Crippen molar-refractivity contribution in [3.8, 4) is 28.7 Å². The number of ether oxygens (including phenoxy) is 4. The lowest BCUT2D eigenvalue weighted by Gasteiger charge is -2.20. The topological polar surface area (TPSA) is 79.2 Å². The highest BCUT2D eigenvalue weighted by Crippen LogP contribution is 2.50. The molecule has 0 spiro atoms. The van der Waals surface area contributed by atoms with Crippen LogP contribution in [0.15, 0.2) is 53.3 Å². The number of nitrogens with zero attached hydrogens (tertiary/aromatic N) is 1. The van der Waals surface area contributed by atoms with Crippen molar-refractivity contribution in [3.05, 3.63) is 64.3 Å². The van der Waals surface area contributed by atoms with Crippen molar-refractivity contribution >= 4 is 21.8 Å². The van der Waals surface area contributed by atoms with Crippen molar-refractivity contribution in [1.29, 1.82) is 0 Å². The van der Waals surface area contributed by atoms with Crippen LogP contribution in [0.1, 0.15) is 5.56 Å². The molecule has 0 amide bonds. The third-order valence-electron chi connectivity index (χ3n) is 5.31. The first-order chi connectivity index (χ1) is 15.0. The summed E-state index contributed by atoms with van der Waals surface area (Å²) in [6.45, 7) is 0.348. The molecule has 0 saturated carbocycles. The van der Waals surface area contributed by atoms with Crippen LogP contribution in [0, 0.1) is 0 Å². The number of benzene rings is 3. The summed E-state index contributed by atoms with van der Waals surface area (Å²) >= 11 is 0. The number of hydrogen-bond acceptors (Lipinski definition) is 6. The minimum Gasteiger partial charge on any atom is -0.504 e. The SMILES string of the molecule is COc1c(OC)c(OC)c2c(c1O)c(=O)c1cccc(OCc3ccccc3)c1n2C. The number of pyridine rings is 1.